The van der Waals surface area contributed by atoms with Gasteiger partial charge in [-0.25, -0.2) is 0 Å². The predicted octanol–water partition coefficient (Wildman–Crippen LogP) is 4.59. The Morgan fingerprint density at radius 2 is 1.95 bits per heavy atom. The number of hydrogen-bond donors (Lipinski definition) is 1. The standard InChI is InChI=1S/C17H27NO/c1-12-7-6-8-14(12)18-15-11-13(17(2,3)4)9-10-16(15)19-5/h9-12,14,18H,6-8H2,1-5H3. The van der Waals surface area contributed by atoms with Crippen molar-refractivity contribution < 1.29 is 4.74 Å². The first-order valence-electron chi connectivity index (χ1n) is 7.37. The normalized spacial score (nSPS) is 23.4. The zero-order chi connectivity index (χ0) is 14.0. The Morgan fingerprint density at radius 1 is 1.21 bits per heavy atom. The summed E-state index contributed by atoms with van der Waals surface area (Å²) in [4.78, 5) is 0. The van der Waals surface area contributed by atoms with Gasteiger partial charge in [0, 0.05) is 6.04 Å². The molecule has 2 atom stereocenters. The number of benzene rings is 1. The van der Waals surface area contributed by atoms with E-state index in [1.54, 1.807) is 7.11 Å². The van der Waals surface area contributed by atoms with Crippen LogP contribution in [0.5, 0.6) is 5.75 Å². The monoisotopic (exact) mass is 261 g/mol. The molecule has 2 heteroatoms. The number of methoxy groups -OCH3 is 1. The quantitative estimate of drug-likeness (QED) is 0.859. The van der Waals surface area contributed by atoms with Crippen LogP contribution in [-0.2, 0) is 5.41 Å². The molecule has 0 aromatic heterocycles. The summed E-state index contributed by atoms with van der Waals surface area (Å²) in [5, 5.41) is 3.70. The zero-order valence-corrected chi connectivity index (χ0v) is 12.9. The van der Waals surface area contributed by atoms with Gasteiger partial charge in [-0.1, -0.05) is 40.2 Å². The highest BCUT2D eigenvalue weighted by atomic mass is 16.5. The minimum atomic E-state index is 0.171. The second-order valence-electron chi connectivity index (χ2n) is 6.82. The molecule has 1 fully saturated rings. The number of hydrogen-bond acceptors (Lipinski definition) is 2. The minimum absolute atomic E-state index is 0.171. The summed E-state index contributed by atoms with van der Waals surface area (Å²) in [5.41, 5.74) is 2.67. The molecule has 1 aromatic carbocycles. The molecule has 1 aromatic rings. The molecule has 19 heavy (non-hydrogen) atoms. The lowest BCUT2D eigenvalue weighted by Crippen LogP contribution is -2.22. The predicted molar refractivity (Wildman–Crippen MR) is 82.1 cm³/mol. The molecular weight excluding hydrogens is 234 g/mol. The molecule has 2 unspecified atom stereocenters. The zero-order valence-electron chi connectivity index (χ0n) is 12.9. The van der Waals surface area contributed by atoms with Crippen molar-refractivity contribution in [3.8, 4) is 5.75 Å². The molecule has 0 heterocycles. The lowest BCUT2D eigenvalue weighted by Gasteiger charge is -2.24. The Morgan fingerprint density at radius 3 is 2.47 bits per heavy atom. The van der Waals surface area contributed by atoms with Crippen LogP contribution in [-0.4, -0.2) is 13.2 Å². The van der Waals surface area contributed by atoms with Crippen molar-refractivity contribution in [2.75, 3.05) is 12.4 Å². The van der Waals surface area contributed by atoms with Crippen LogP contribution in [0, 0.1) is 5.92 Å². The van der Waals surface area contributed by atoms with Crippen LogP contribution in [0.3, 0.4) is 0 Å². The van der Waals surface area contributed by atoms with Crippen LogP contribution in [0.2, 0.25) is 0 Å². The second kappa shape index (κ2) is 5.44. The molecule has 106 valence electrons. The lowest BCUT2D eigenvalue weighted by molar-refractivity contribution is 0.414. The van der Waals surface area contributed by atoms with Crippen molar-refractivity contribution in [2.24, 2.45) is 5.92 Å². The Hall–Kier alpha value is -1.18. The number of nitrogens with one attached hydrogen (secondary N) is 1. The number of rotatable bonds is 3. The third-order valence-corrected chi connectivity index (χ3v) is 4.27. The summed E-state index contributed by atoms with van der Waals surface area (Å²) >= 11 is 0. The minimum Gasteiger partial charge on any atom is -0.495 e. The molecule has 0 spiro atoms. The summed E-state index contributed by atoms with van der Waals surface area (Å²) in [6.07, 6.45) is 3.93. The fraction of sp³-hybridized carbons (Fsp3) is 0.647. The van der Waals surface area contributed by atoms with Gasteiger partial charge in [-0.15, -0.1) is 0 Å². The van der Waals surface area contributed by atoms with Crippen LogP contribution in [0.25, 0.3) is 0 Å². The van der Waals surface area contributed by atoms with Crippen molar-refractivity contribution in [3.63, 3.8) is 0 Å². The van der Waals surface area contributed by atoms with Crippen LogP contribution in [0.15, 0.2) is 18.2 Å². The van der Waals surface area contributed by atoms with E-state index < -0.39 is 0 Å². The SMILES string of the molecule is COc1ccc(C(C)(C)C)cc1NC1CCCC1C. The van der Waals surface area contributed by atoms with Gasteiger partial charge in [0.25, 0.3) is 0 Å². The van der Waals surface area contributed by atoms with Gasteiger partial charge in [-0.3, -0.25) is 0 Å². The van der Waals surface area contributed by atoms with E-state index in [0.717, 1.165) is 17.4 Å². The van der Waals surface area contributed by atoms with E-state index in [9.17, 15) is 0 Å². The maximum absolute atomic E-state index is 5.50. The highest BCUT2D eigenvalue weighted by Crippen LogP contribution is 2.35. The average molecular weight is 261 g/mol. The van der Waals surface area contributed by atoms with E-state index in [1.807, 2.05) is 0 Å². The van der Waals surface area contributed by atoms with Gasteiger partial charge in [0.15, 0.2) is 0 Å². The van der Waals surface area contributed by atoms with E-state index >= 15 is 0 Å². The topological polar surface area (TPSA) is 21.3 Å². The van der Waals surface area contributed by atoms with Gasteiger partial charge in [0.05, 0.1) is 12.8 Å². The largest absolute Gasteiger partial charge is 0.495 e. The molecule has 1 aliphatic rings. The first kappa shape index (κ1) is 14.2. The van der Waals surface area contributed by atoms with Crippen LogP contribution >= 0.6 is 0 Å². The number of anilines is 1. The summed E-state index contributed by atoms with van der Waals surface area (Å²) in [6.45, 7) is 9.08. The van der Waals surface area contributed by atoms with Gasteiger partial charge in [0.1, 0.15) is 5.75 Å². The number of ether oxygens (including phenoxy) is 1. The van der Waals surface area contributed by atoms with Crippen LogP contribution in [0.1, 0.15) is 52.5 Å². The van der Waals surface area contributed by atoms with Gasteiger partial charge in [0.2, 0.25) is 0 Å². The molecule has 1 aliphatic carbocycles. The smallest absolute Gasteiger partial charge is 0.141 e. The molecule has 2 rings (SSSR count). The van der Waals surface area contributed by atoms with Gasteiger partial charge in [-0.2, -0.15) is 0 Å². The summed E-state index contributed by atoms with van der Waals surface area (Å²) < 4.78 is 5.50. The highest BCUT2D eigenvalue weighted by molar-refractivity contribution is 5.59. The Labute approximate surface area is 117 Å². The fourth-order valence-corrected chi connectivity index (χ4v) is 2.85. The summed E-state index contributed by atoms with van der Waals surface area (Å²) in [5.74, 6) is 1.70. The molecule has 1 saturated carbocycles. The molecule has 0 bridgehead atoms. The molecule has 0 radical (unpaired) electrons. The van der Waals surface area contributed by atoms with Gasteiger partial charge in [-0.05, 0) is 41.9 Å². The maximum Gasteiger partial charge on any atom is 0.141 e. The van der Waals surface area contributed by atoms with Gasteiger partial charge < -0.3 is 10.1 Å². The van der Waals surface area contributed by atoms with Crippen LogP contribution < -0.4 is 10.1 Å². The van der Waals surface area contributed by atoms with Crippen molar-refractivity contribution in [2.45, 2.75) is 58.4 Å². The first-order chi connectivity index (χ1) is 8.91. The van der Waals surface area contributed by atoms with Crippen molar-refractivity contribution in [1.82, 2.24) is 0 Å². The second-order valence-corrected chi connectivity index (χ2v) is 6.82. The Kier molecular flexibility index (Phi) is 4.07. The average Bonchev–Trinajstić information content (AvgIpc) is 2.74. The molecular formula is C17H27NO. The summed E-state index contributed by atoms with van der Waals surface area (Å²) in [6, 6.07) is 7.10. The van der Waals surface area contributed by atoms with Gasteiger partial charge >= 0.3 is 0 Å². The summed E-state index contributed by atoms with van der Waals surface area (Å²) in [7, 11) is 1.75. The van der Waals surface area contributed by atoms with E-state index in [2.05, 4.69) is 51.2 Å². The Bertz CT molecular complexity index is 433. The molecule has 0 aliphatic heterocycles. The lowest BCUT2D eigenvalue weighted by atomic mass is 9.86. The van der Waals surface area contributed by atoms with Crippen LogP contribution in [0.4, 0.5) is 5.69 Å². The molecule has 1 N–H and O–H groups in total. The third-order valence-electron chi connectivity index (χ3n) is 4.27. The van der Waals surface area contributed by atoms with Crippen molar-refractivity contribution in [1.29, 1.82) is 0 Å². The third kappa shape index (κ3) is 3.23. The van der Waals surface area contributed by atoms with Crippen molar-refractivity contribution in [3.05, 3.63) is 23.8 Å². The fourth-order valence-electron chi connectivity index (χ4n) is 2.85. The highest BCUT2D eigenvalue weighted by Gasteiger charge is 2.24. The van der Waals surface area contributed by atoms with E-state index in [4.69, 9.17) is 4.74 Å². The van der Waals surface area contributed by atoms with Crippen molar-refractivity contribution >= 4 is 5.69 Å². The molecule has 0 saturated heterocycles. The Balaban J connectivity index is 2.26. The maximum atomic E-state index is 5.50. The molecule has 0 amide bonds. The first-order valence-corrected chi connectivity index (χ1v) is 7.37. The van der Waals surface area contributed by atoms with E-state index in [-0.39, 0.29) is 5.41 Å². The molecule has 2 nitrogen and oxygen atoms in total. The van der Waals surface area contributed by atoms with E-state index in [1.165, 1.54) is 24.8 Å². The van der Waals surface area contributed by atoms with E-state index in [0.29, 0.717) is 6.04 Å².